The van der Waals surface area contributed by atoms with Gasteiger partial charge in [0.05, 0.1) is 16.4 Å². The molecule has 188 valence electrons. The number of nitrogens with one attached hydrogen (secondary N) is 3. The summed E-state index contributed by atoms with van der Waals surface area (Å²) in [5.74, 6) is 0.689. The van der Waals surface area contributed by atoms with Gasteiger partial charge in [-0.15, -0.1) is 0 Å². The highest BCUT2D eigenvalue weighted by Crippen LogP contribution is 2.32. The molecule has 0 saturated carbocycles. The van der Waals surface area contributed by atoms with Crippen molar-refractivity contribution in [3.63, 3.8) is 0 Å². The number of H-pyrrole nitrogens is 2. The van der Waals surface area contributed by atoms with Gasteiger partial charge < -0.3 is 10.3 Å². The number of hydrogen-bond donors (Lipinski definition) is 3. The summed E-state index contributed by atoms with van der Waals surface area (Å²) in [6.07, 6.45) is 9.19. The van der Waals surface area contributed by atoms with E-state index in [1.807, 2.05) is 48.9 Å². The van der Waals surface area contributed by atoms with Crippen LogP contribution in [0.1, 0.15) is 11.1 Å². The Morgan fingerprint density at radius 1 is 0.718 bits per heavy atom. The van der Waals surface area contributed by atoms with Crippen molar-refractivity contribution in [2.24, 2.45) is 0 Å². The third-order valence-corrected chi connectivity index (χ3v) is 6.77. The minimum atomic E-state index is 0.689. The first kappa shape index (κ1) is 22.9. The fourth-order valence-corrected chi connectivity index (χ4v) is 4.84. The minimum Gasteiger partial charge on any atom is -0.337 e. The molecule has 0 atom stereocenters. The molecular formula is C31H24N8. The maximum absolute atomic E-state index is 4.95. The molecule has 0 fully saturated rings. The number of hydrogen-bond acceptors (Lipinski definition) is 6. The molecule has 0 radical (unpaired) electrons. The topological polar surface area (TPSA) is 108 Å². The smallest absolute Gasteiger partial charge is 0.159 e. The molecule has 7 rings (SSSR count). The van der Waals surface area contributed by atoms with Crippen LogP contribution < -0.4 is 5.32 Å². The Morgan fingerprint density at radius 2 is 1.56 bits per heavy atom. The number of benzene rings is 2. The van der Waals surface area contributed by atoms with Gasteiger partial charge in [-0.3, -0.25) is 15.1 Å². The van der Waals surface area contributed by atoms with Crippen LogP contribution in [0.3, 0.4) is 0 Å². The molecule has 8 nitrogen and oxygen atoms in total. The number of para-hydroxylation sites is 1. The van der Waals surface area contributed by atoms with Gasteiger partial charge in [-0.25, -0.2) is 9.97 Å². The van der Waals surface area contributed by atoms with E-state index < -0.39 is 0 Å². The average Bonchev–Trinajstić information content (AvgIpc) is 3.62. The number of nitrogens with zero attached hydrogens (tertiary/aromatic N) is 5. The van der Waals surface area contributed by atoms with E-state index in [1.54, 1.807) is 12.4 Å². The van der Waals surface area contributed by atoms with Crippen LogP contribution in [0.25, 0.3) is 55.8 Å². The summed E-state index contributed by atoms with van der Waals surface area (Å²) in [6, 6.07) is 24.7. The van der Waals surface area contributed by atoms with Gasteiger partial charge in [-0.1, -0.05) is 42.5 Å². The van der Waals surface area contributed by atoms with Crippen LogP contribution in [0.15, 0.2) is 104 Å². The van der Waals surface area contributed by atoms with Crippen molar-refractivity contribution in [3.05, 3.63) is 115 Å². The number of aromatic amines is 2. The lowest BCUT2D eigenvalue weighted by atomic mass is 10.1. The molecule has 0 bridgehead atoms. The Hall–Kier alpha value is -5.21. The van der Waals surface area contributed by atoms with Gasteiger partial charge in [0.25, 0.3) is 0 Å². The zero-order valence-electron chi connectivity index (χ0n) is 21.0. The van der Waals surface area contributed by atoms with Gasteiger partial charge in [-0.2, -0.15) is 5.10 Å². The Balaban J connectivity index is 1.20. The lowest BCUT2D eigenvalue weighted by Crippen LogP contribution is -2.12. The molecular weight excluding hydrogens is 484 g/mol. The molecule has 0 aliphatic rings. The van der Waals surface area contributed by atoms with Crippen LogP contribution in [0.2, 0.25) is 0 Å². The van der Waals surface area contributed by atoms with Crippen molar-refractivity contribution in [1.29, 1.82) is 0 Å². The van der Waals surface area contributed by atoms with Crippen LogP contribution in [0.5, 0.6) is 0 Å². The summed E-state index contributed by atoms with van der Waals surface area (Å²) in [5.41, 5.74) is 9.70. The second-order valence-electron chi connectivity index (χ2n) is 9.39. The summed E-state index contributed by atoms with van der Waals surface area (Å²) < 4.78 is 0. The van der Waals surface area contributed by atoms with Gasteiger partial charge >= 0.3 is 0 Å². The fraction of sp³-hybridized carbons (Fsp3) is 0.0645. The summed E-state index contributed by atoms with van der Waals surface area (Å²) in [4.78, 5) is 21.7. The standard InChI is InChI=1S/C31H24N8/c1-2-5-20(6-3-1)15-33-16-21-13-23(18-34-17-21)24-14-26-29(38-39-30(26)35-19-24)31-36-27-8-4-7-25(28(27)37-31)22-9-11-32-12-10-22/h1-14,17-19,33H,15-16H2,(H,36,37)(H,35,38,39). The third-order valence-electron chi connectivity index (χ3n) is 6.77. The number of fused-ring (bicyclic) bond motifs is 2. The van der Waals surface area contributed by atoms with E-state index in [0.717, 1.165) is 63.0 Å². The van der Waals surface area contributed by atoms with Crippen LogP contribution in [0, 0.1) is 0 Å². The number of rotatable bonds is 7. The van der Waals surface area contributed by atoms with E-state index in [9.17, 15) is 0 Å². The molecule has 39 heavy (non-hydrogen) atoms. The highest BCUT2D eigenvalue weighted by Gasteiger charge is 2.16. The molecule has 0 saturated heterocycles. The van der Waals surface area contributed by atoms with E-state index in [4.69, 9.17) is 4.98 Å². The van der Waals surface area contributed by atoms with Gasteiger partial charge in [0.15, 0.2) is 11.5 Å². The molecule has 0 spiro atoms. The molecule has 7 aromatic rings. The van der Waals surface area contributed by atoms with Crippen molar-refractivity contribution in [2.75, 3.05) is 0 Å². The predicted octanol–water partition coefficient (Wildman–Crippen LogP) is 5.92. The Morgan fingerprint density at radius 3 is 2.46 bits per heavy atom. The van der Waals surface area contributed by atoms with Crippen LogP contribution in [-0.4, -0.2) is 35.1 Å². The molecule has 0 aliphatic carbocycles. The average molecular weight is 509 g/mol. The second kappa shape index (κ2) is 9.92. The van der Waals surface area contributed by atoms with Crippen molar-refractivity contribution >= 4 is 22.1 Å². The lowest BCUT2D eigenvalue weighted by Gasteiger charge is -2.07. The third kappa shape index (κ3) is 4.54. The Bertz CT molecular complexity index is 1890. The maximum Gasteiger partial charge on any atom is 0.159 e. The summed E-state index contributed by atoms with van der Waals surface area (Å²) in [5, 5.41) is 12.0. The first-order valence-electron chi connectivity index (χ1n) is 12.7. The molecule has 8 heteroatoms. The van der Waals surface area contributed by atoms with E-state index in [0.29, 0.717) is 11.5 Å². The first-order valence-corrected chi connectivity index (χ1v) is 12.7. The molecule has 0 amide bonds. The van der Waals surface area contributed by atoms with E-state index in [-0.39, 0.29) is 0 Å². The molecule has 0 aliphatic heterocycles. The normalized spacial score (nSPS) is 11.4. The highest BCUT2D eigenvalue weighted by molar-refractivity contribution is 5.97. The zero-order valence-corrected chi connectivity index (χ0v) is 21.0. The monoisotopic (exact) mass is 508 g/mol. The van der Waals surface area contributed by atoms with E-state index in [1.165, 1.54) is 5.56 Å². The number of imidazole rings is 1. The van der Waals surface area contributed by atoms with Crippen molar-refractivity contribution in [3.8, 4) is 33.8 Å². The minimum absolute atomic E-state index is 0.689. The van der Waals surface area contributed by atoms with Crippen LogP contribution in [0.4, 0.5) is 0 Å². The van der Waals surface area contributed by atoms with Crippen LogP contribution in [-0.2, 0) is 13.1 Å². The lowest BCUT2D eigenvalue weighted by molar-refractivity contribution is 0.691. The SMILES string of the molecule is c1ccc(CNCc2cncc(-c3cnc4[nH]nc(-c5nc6c(-c7ccncc7)cccc6[nH]5)c4c3)c2)cc1. The van der Waals surface area contributed by atoms with E-state index >= 15 is 0 Å². The van der Waals surface area contributed by atoms with Crippen molar-refractivity contribution in [2.45, 2.75) is 13.1 Å². The van der Waals surface area contributed by atoms with E-state index in [2.05, 4.69) is 77.9 Å². The predicted molar refractivity (Wildman–Crippen MR) is 152 cm³/mol. The molecule has 5 aromatic heterocycles. The molecule has 2 aromatic carbocycles. The second-order valence-corrected chi connectivity index (χ2v) is 9.39. The quantitative estimate of drug-likeness (QED) is 0.247. The largest absolute Gasteiger partial charge is 0.337 e. The first-order chi connectivity index (χ1) is 19.3. The summed E-state index contributed by atoms with van der Waals surface area (Å²) >= 11 is 0. The Kier molecular flexibility index (Phi) is 5.84. The van der Waals surface area contributed by atoms with Gasteiger partial charge in [0.2, 0.25) is 0 Å². The van der Waals surface area contributed by atoms with Gasteiger partial charge in [0, 0.05) is 60.8 Å². The molecule has 5 heterocycles. The molecule has 0 unspecified atom stereocenters. The fourth-order valence-electron chi connectivity index (χ4n) is 4.84. The maximum atomic E-state index is 4.95. The van der Waals surface area contributed by atoms with Crippen molar-refractivity contribution < 1.29 is 0 Å². The Labute approximate surface area is 224 Å². The summed E-state index contributed by atoms with van der Waals surface area (Å²) in [6.45, 7) is 1.53. The van der Waals surface area contributed by atoms with Crippen molar-refractivity contribution in [1.82, 2.24) is 40.4 Å². The number of pyridine rings is 3. The molecule has 3 N–H and O–H groups in total. The zero-order chi connectivity index (χ0) is 26.0. The summed E-state index contributed by atoms with van der Waals surface area (Å²) in [7, 11) is 0. The highest BCUT2D eigenvalue weighted by atomic mass is 15.2. The number of aromatic nitrogens is 7. The van der Waals surface area contributed by atoms with Gasteiger partial charge in [-0.05, 0) is 47.0 Å². The van der Waals surface area contributed by atoms with Crippen LogP contribution >= 0.6 is 0 Å². The van der Waals surface area contributed by atoms with Gasteiger partial charge in [0.1, 0.15) is 5.69 Å².